The second-order valence-corrected chi connectivity index (χ2v) is 7.27. The van der Waals surface area contributed by atoms with E-state index in [0.717, 1.165) is 35.1 Å². The normalized spacial score (nSPS) is 15.4. The lowest BCUT2D eigenvalue weighted by Gasteiger charge is -2.13. The third-order valence-corrected chi connectivity index (χ3v) is 5.49. The van der Waals surface area contributed by atoms with E-state index in [9.17, 15) is 0 Å². The molecule has 1 aliphatic rings. The average molecular weight is 395 g/mol. The lowest BCUT2D eigenvalue weighted by molar-refractivity contribution is 0.533. The molecule has 0 amide bonds. The van der Waals surface area contributed by atoms with Crippen LogP contribution in [0.5, 0.6) is 0 Å². The Labute approximate surface area is 171 Å². The highest BCUT2D eigenvalue weighted by Crippen LogP contribution is 2.35. The first-order chi connectivity index (χ1) is 14.8. The van der Waals surface area contributed by atoms with E-state index in [-0.39, 0.29) is 6.04 Å². The zero-order chi connectivity index (χ0) is 19.9. The molecule has 30 heavy (non-hydrogen) atoms. The quantitative estimate of drug-likeness (QED) is 0.480. The van der Waals surface area contributed by atoms with Gasteiger partial charge in [0.1, 0.15) is 0 Å². The first-order valence-corrected chi connectivity index (χ1v) is 9.74. The molecule has 0 saturated heterocycles. The first kappa shape index (κ1) is 16.8. The van der Waals surface area contributed by atoms with Gasteiger partial charge in [0.25, 0.3) is 0 Å². The second-order valence-electron chi connectivity index (χ2n) is 7.27. The Hall–Kier alpha value is -4.14. The van der Waals surface area contributed by atoms with Crippen molar-refractivity contribution in [1.29, 1.82) is 0 Å². The number of H-pyrrole nitrogens is 1. The number of tetrazole rings is 1. The number of anilines is 2. The Morgan fingerprint density at radius 1 is 1.03 bits per heavy atom. The Morgan fingerprint density at radius 2 is 1.93 bits per heavy atom. The fourth-order valence-corrected chi connectivity index (χ4v) is 4.03. The minimum atomic E-state index is 0.205. The van der Waals surface area contributed by atoms with Gasteiger partial charge in [0.2, 0.25) is 5.95 Å². The molecule has 146 valence electrons. The molecule has 0 unspecified atom stereocenters. The van der Waals surface area contributed by atoms with Crippen LogP contribution in [0.4, 0.5) is 11.6 Å². The zero-order valence-electron chi connectivity index (χ0n) is 15.9. The molecule has 0 fully saturated rings. The number of rotatable bonds is 4. The fourth-order valence-electron chi connectivity index (χ4n) is 4.03. The summed E-state index contributed by atoms with van der Waals surface area (Å²) < 4.78 is 2.02. The number of fused-ring (bicyclic) bond motifs is 2. The summed E-state index contributed by atoms with van der Waals surface area (Å²) in [5.41, 5.74) is 5.33. The number of hydrogen-bond acceptors (Lipinski definition) is 7. The second kappa shape index (κ2) is 6.73. The van der Waals surface area contributed by atoms with Crippen LogP contribution in [0.2, 0.25) is 0 Å². The summed E-state index contributed by atoms with van der Waals surface area (Å²) in [5.74, 6) is 1.16. The summed E-state index contributed by atoms with van der Waals surface area (Å²) >= 11 is 0. The van der Waals surface area contributed by atoms with Gasteiger partial charge in [-0.05, 0) is 58.7 Å². The van der Waals surface area contributed by atoms with Gasteiger partial charge in [0.05, 0.1) is 17.6 Å². The van der Waals surface area contributed by atoms with Crippen LogP contribution in [-0.4, -0.2) is 40.4 Å². The zero-order valence-corrected chi connectivity index (χ0v) is 15.9. The van der Waals surface area contributed by atoms with Gasteiger partial charge in [-0.3, -0.25) is 0 Å². The molecular formula is C21H17N9. The van der Waals surface area contributed by atoms with Crippen molar-refractivity contribution in [2.45, 2.75) is 18.9 Å². The highest BCUT2D eigenvalue weighted by Gasteiger charge is 2.26. The molecule has 2 N–H and O–H groups in total. The Bertz CT molecular complexity index is 1320. The number of aryl methyl sites for hydroxylation is 1. The SMILES string of the molecule is c1ccc2c(c1)CC[C@H]2n1ncc2cnc(Nc3ccc(-c4nnn[nH]4)cc3)nc21. The van der Waals surface area contributed by atoms with E-state index < -0.39 is 0 Å². The van der Waals surface area contributed by atoms with Crippen molar-refractivity contribution in [2.75, 3.05) is 5.32 Å². The number of benzene rings is 2. The maximum atomic E-state index is 4.76. The maximum absolute atomic E-state index is 4.76. The highest BCUT2D eigenvalue weighted by atomic mass is 15.5. The van der Waals surface area contributed by atoms with E-state index in [1.54, 1.807) is 0 Å². The smallest absolute Gasteiger partial charge is 0.229 e. The molecule has 5 aromatic rings. The number of aromatic nitrogens is 8. The number of nitrogens with zero attached hydrogens (tertiary/aromatic N) is 7. The summed E-state index contributed by atoms with van der Waals surface area (Å²) in [5, 5.41) is 22.7. The van der Waals surface area contributed by atoms with E-state index in [1.807, 2.05) is 41.3 Å². The van der Waals surface area contributed by atoms with E-state index in [4.69, 9.17) is 4.98 Å². The van der Waals surface area contributed by atoms with E-state index in [2.05, 4.69) is 60.3 Å². The van der Waals surface area contributed by atoms with Crippen LogP contribution in [0.1, 0.15) is 23.6 Å². The van der Waals surface area contributed by atoms with Gasteiger partial charge >= 0.3 is 0 Å². The predicted octanol–water partition coefficient (Wildman–Crippen LogP) is 3.29. The fraction of sp³-hybridized carbons (Fsp3) is 0.143. The van der Waals surface area contributed by atoms with Crippen LogP contribution < -0.4 is 5.32 Å². The molecule has 3 aromatic heterocycles. The minimum absolute atomic E-state index is 0.205. The van der Waals surface area contributed by atoms with Crippen LogP contribution in [0.25, 0.3) is 22.4 Å². The maximum Gasteiger partial charge on any atom is 0.229 e. The van der Waals surface area contributed by atoms with Crippen LogP contribution >= 0.6 is 0 Å². The third kappa shape index (κ3) is 2.79. The summed E-state index contributed by atoms with van der Waals surface area (Å²) in [7, 11) is 0. The lowest BCUT2D eigenvalue weighted by atomic mass is 10.1. The lowest BCUT2D eigenvalue weighted by Crippen LogP contribution is -2.10. The van der Waals surface area contributed by atoms with Gasteiger partial charge in [0, 0.05) is 17.4 Å². The van der Waals surface area contributed by atoms with E-state index >= 15 is 0 Å². The summed E-state index contributed by atoms with van der Waals surface area (Å²) in [6, 6.07) is 16.5. The van der Waals surface area contributed by atoms with Crippen molar-refractivity contribution in [3.8, 4) is 11.4 Å². The van der Waals surface area contributed by atoms with Gasteiger partial charge < -0.3 is 5.32 Å². The third-order valence-electron chi connectivity index (χ3n) is 5.49. The van der Waals surface area contributed by atoms with Gasteiger partial charge in [-0.2, -0.15) is 10.1 Å². The van der Waals surface area contributed by atoms with Gasteiger partial charge in [-0.15, -0.1) is 5.10 Å². The highest BCUT2D eigenvalue weighted by molar-refractivity contribution is 5.75. The van der Waals surface area contributed by atoms with Crippen molar-refractivity contribution in [2.24, 2.45) is 0 Å². The van der Waals surface area contributed by atoms with Gasteiger partial charge in [0.15, 0.2) is 11.5 Å². The van der Waals surface area contributed by atoms with Crippen LogP contribution in [-0.2, 0) is 6.42 Å². The molecular weight excluding hydrogens is 378 g/mol. The molecule has 0 saturated carbocycles. The molecule has 0 radical (unpaired) electrons. The topological polar surface area (TPSA) is 110 Å². The van der Waals surface area contributed by atoms with Gasteiger partial charge in [-0.1, -0.05) is 24.3 Å². The van der Waals surface area contributed by atoms with E-state index in [0.29, 0.717) is 11.8 Å². The molecule has 2 aromatic carbocycles. The number of aromatic amines is 1. The van der Waals surface area contributed by atoms with Crippen molar-refractivity contribution in [3.63, 3.8) is 0 Å². The largest absolute Gasteiger partial charge is 0.324 e. The van der Waals surface area contributed by atoms with Crippen LogP contribution in [0.15, 0.2) is 60.9 Å². The molecule has 0 bridgehead atoms. The molecule has 0 aliphatic heterocycles. The standard InChI is InChI=1S/C21H17N9/c1-2-4-17-13(3-1)7-10-18(17)30-20-15(12-23-30)11-22-21(25-20)24-16-8-5-14(6-9-16)19-26-28-29-27-19/h1-6,8-9,11-12,18H,7,10H2,(H,22,24,25)(H,26,27,28,29)/t18-/m1/s1. The predicted molar refractivity (Wildman–Crippen MR) is 111 cm³/mol. The molecule has 9 heteroatoms. The van der Waals surface area contributed by atoms with Crippen LogP contribution in [0, 0.1) is 0 Å². The number of nitrogens with one attached hydrogen (secondary N) is 2. The number of hydrogen-bond donors (Lipinski definition) is 2. The Morgan fingerprint density at radius 3 is 2.80 bits per heavy atom. The molecule has 1 atom stereocenters. The first-order valence-electron chi connectivity index (χ1n) is 9.74. The van der Waals surface area contributed by atoms with Crippen molar-refractivity contribution < 1.29 is 0 Å². The molecule has 3 heterocycles. The van der Waals surface area contributed by atoms with Crippen molar-refractivity contribution in [3.05, 3.63) is 72.1 Å². The molecule has 6 rings (SSSR count). The minimum Gasteiger partial charge on any atom is -0.324 e. The summed E-state index contributed by atoms with van der Waals surface area (Å²) in [4.78, 5) is 9.20. The monoisotopic (exact) mass is 395 g/mol. The molecule has 0 spiro atoms. The summed E-state index contributed by atoms with van der Waals surface area (Å²) in [6.07, 6.45) is 5.73. The Kier molecular flexibility index (Phi) is 3.76. The molecule has 1 aliphatic carbocycles. The van der Waals surface area contributed by atoms with Crippen LogP contribution in [0.3, 0.4) is 0 Å². The Balaban J connectivity index is 1.31. The summed E-state index contributed by atoms with van der Waals surface area (Å²) in [6.45, 7) is 0. The molecule has 9 nitrogen and oxygen atoms in total. The van der Waals surface area contributed by atoms with E-state index in [1.165, 1.54) is 11.1 Å². The average Bonchev–Trinajstić information content (AvgIpc) is 3.53. The van der Waals surface area contributed by atoms with Gasteiger partial charge in [-0.25, -0.2) is 14.8 Å². The van der Waals surface area contributed by atoms with Crippen molar-refractivity contribution >= 4 is 22.7 Å². The van der Waals surface area contributed by atoms with Crippen molar-refractivity contribution in [1.82, 2.24) is 40.4 Å².